The van der Waals surface area contributed by atoms with Crippen LogP contribution in [0.4, 0.5) is 0 Å². The molecular weight excluding hydrogens is 238 g/mol. The van der Waals surface area contributed by atoms with E-state index < -0.39 is 10.2 Å². The topological polar surface area (TPSA) is 52.7 Å². The molecule has 0 spiro atoms. The molecule has 1 aliphatic carbocycles. The second-order valence-electron chi connectivity index (χ2n) is 5.32. The summed E-state index contributed by atoms with van der Waals surface area (Å²) < 4.78 is 26.7. The van der Waals surface area contributed by atoms with Crippen LogP contribution in [0.25, 0.3) is 0 Å². The van der Waals surface area contributed by atoms with Gasteiger partial charge in [0, 0.05) is 33.2 Å². The van der Waals surface area contributed by atoms with Crippen LogP contribution >= 0.6 is 0 Å². The van der Waals surface area contributed by atoms with Gasteiger partial charge in [-0.1, -0.05) is 0 Å². The lowest BCUT2D eigenvalue weighted by Gasteiger charge is -2.33. The minimum absolute atomic E-state index is 0.504. The van der Waals surface area contributed by atoms with Crippen molar-refractivity contribution in [1.29, 1.82) is 0 Å². The van der Waals surface area contributed by atoms with Crippen LogP contribution in [-0.4, -0.2) is 56.8 Å². The monoisotopic (exact) mass is 261 g/mol. The van der Waals surface area contributed by atoms with E-state index in [4.69, 9.17) is 0 Å². The number of hydrogen-bond donors (Lipinski definition) is 1. The molecule has 100 valence electrons. The molecule has 1 N–H and O–H groups in total. The number of piperidine rings is 1. The Morgan fingerprint density at radius 3 is 2.24 bits per heavy atom. The smallest absolute Gasteiger partial charge is 0.281 e. The van der Waals surface area contributed by atoms with Gasteiger partial charge in [0.15, 0.2) is 0 Å². The van der Waals surface area contributed by atoms with Crippen LogP contribution in [0.15, 0.2) is 0 Å². The number of hydrogen-bond acceptors (Lipinski definition) is 3. The molecule has 2 rings (SSSR count). The van der Waals surface area contributed by atoms with E-state index in [9.17, 15) is 8.42 Å². The predicted molar refractivity (Wildman–Crippen MR) is 67.9 cm³/mol. The number of nitrogens with one attached hydrogen (secondary N) is 1. The van der Waals surface area contributed by atoms with E-state index >= 15 is 0 Å². The van der Waals surface area contributed by atoms with Crippen LogP contribution in [0.3, 0.4) is 0 Å². The molecule has 1 saturated carbocycles. The molecule has 0 unspecified atom stereocenters. The van der Waals surface area contributed by atoms with Gasteiger partial charge in [-0.05, 0) is 38.1 Å². The lowest BCUT2D eigenvalue weighted by molar-refractivity contribution is 0.276. The van der Waals surface area contributed by atoms with Crippen molar-refractivity contribution in [3.8, 4) is 0 Å². The molecule has 0 radical (unpaired) electrons. The molecule has 0 atom stereocenters. The van der Waals surface area contributed by atoms with E-state index in [0.29, 0.717) is 19.1 Å². The fourth-order valence-corrected chi connectivity index (χ4v) is 3.31. The SMILES string of the molecule is CN(C)S(=O)(=O)N1CCC(NCC2CC2)CC1. The third-order valence-electron chi connectivity index (χ3n) is 3.63. The van der Waals surface area contributed by atoms with E-state index in [1.165, 1.54) is 17.1 Å². The maximum Gasteiger partial charge on any atom is 0.281 e. The van der Waals surface area contributed by atoms with Gasteiger partial charge in [-0.2, -0.15) is 17.0 Å². The normalized spacial score (nSPS) is 24.4. The highest BCUT2D eigenvalue weighted by Crippen LogP contribution is 2.28. The molecule has 5 nitrogen and oxygen atoms in total. The highest BCUT2D eigenvalue weighted by Gasteiger charge is 2.30. The third kappa shape index (κ3) is 3.40. The maximum absolute atomic E-state index is 11.9. The van der Waals surface area contributed by atoms with Crippen LogP contribution in [0.2, 0.25) is 0 Å². The van der Waals surface area contributed by atoms with E-state index in [0.717, 1.165) is 25.3 Å². The van der Waals surface area contributed by atoms with E-state index in [1.54, 1.807) is 18.4 Å². The molecule has 0 bridgehead atoms. The Kier molecular flexibility index (Phi) is 4.07. The fourth-order valence-electron chi connectivity index (χ4n) is 2.18. The molecular formula is C11H23N3O2S. The van der Waals surface area contributed by atoms with Crippen LogP contribution in [0.5, 0.6) is 0 Å². The molecule has 1 saturated heterocycles. The van der Waals surface area contributed by atoms with Crippen molar-refractivity contribution in [2.75, 3.05) is 33.7 Å². The third-order valence-corrected chi connectivity index (χ3v) is 5.57. The minimum atomic E-state index is -3.20. The molecule has 2 aliphatic rings. The van der Waals surface area contributed by atoms with Crippen molar-refractivity contribution in [1.82, 2.24) is 13.9 Å². The van der Waals surface area contributed by atoms with E-state index in [-0.39, 0.29) is 0 Å². The van der Waals surface area contributed by atoms with Gasteiger partial charge in [0.25, 0.3) is 10.2 Å². The number of nitrogens with zero attached hydrogens (tertiary/aromatic N) is 2. The van der Waals surface area contributed by atoms with Gasteiger partial charge in [-0.25, -0.2) is 0 Å². The predicted octanol–water partition coefficient (Wildman–Crippen LogP) is 0.257. The number of rotatable bonds is 5. The van der Waals surface area contributed by atoms with Gasteiger partial charge in [-0.3, -0.25) is 0 Å². The summed E-state index contributed by atoms with van der Waals surface area (Å²) in [4.78, 5) is 0. The first-order valence-electron chi connectivity index (χ1n) is 6.41. The van der Waals surface area contributed by atoms with Crippen LogP contribution < -0.4 is 5.32 Å². The Morgan fingerprint density at radius 1 is 1.18 bits per heavy atom. The van der Waals surface area contributed by atoms with Crippen molar-refractivity contribution in [2.45, 2.75) is 31.7 Å². The average molecular weight is 261 g/mol. The average Bonchev–Trinajstić information content (AvgIpc) is 3.10. The summed E-state index contributed by atoms with van der Waals surface area (Å²) in [5, 5.41) is 3.55. The Labute approximate surface area is 104 Å². The molecule has 0 aromatic rings. The van der Waals surface area contributed by atoms with E-state index in [2.05, 4.69) is 5.32 Å². The highest BCUT2D eigenvalue weighted by molar-refractivity contribution is 7.86. The summed E-state index contributed by atoms with van der Waals surface area (Å²) in [6, 6.07) is 0.504. The lowest BCUT2D eigenvalue weighted by Crippen LogP contribution is -2.48. The Balaban J connectivity index is 1.76. The Morgan fingerprint density at radius 2 is 1.76 bits per heavy atom. The quantitative estimate of drug-likeness (QED) is 0.772. The summed E-state index contributed by atoms with van der Waals surface area (Å²) >= 11 is 0. The molecule has 0 amide bonds. The van der Waals surface area contributed by atoms with Gasteiger partial charge in [0.2, 0.25) is 0 Å². The van der Waals surface area contributed by atoms with Gasteiger partial charge >= 0.3 is 0 Å². The molecule has 0 aromatic heterocycles. The highest BCUT2D eigenvalue weighted by atomic mass is 32.2. The van der Waals surface area contributed by atoms with Crippen LogP contribution in [-0.2, 0) is 10.2 Å². The summed E-state index contributed by atoms with van der Waals surface area (Å²) in [6.07, 6.45) is 4.58. The molecule has 0 aromatic carbocycles. The van der Waals surface area contributed by atoms with Crippen molar-refractivity contribution in [3.05, 3.63) is 0 Å². The zero-order valence-electron chi connectivity index (χ0n) is 10.7. The molecule has 17 heavy (non-hydrogen) atoms. The van der Waals surface area contributed by atoms with E-state index in [1.807, 2.05) is 0 Å². The maximum atomic E-state index is 11.9. The lowest BCUT2D eigenvalue weighted by atomic mass is 10.1. The van der Waals surface area contributed by atoms with Crippen LogP contribution in [0, 0.1) is 5.92 Å². The standard InChI is InChI=1S/C11H23N3O2S/c1-13(2)17(15,16)14-7-5-11(6-8-14)12-9-10-3-4-10/h10-12H,3-9H2,1-2H3. The largest absolute Gasteiger partial charge is 0.314 e. The fraction of sp³-hybridized carbons (Fsp3) is 1.00. The van der Waals surface area contributed by atoms with Crippen LogP contribution in [0.1, 0.15) is 25.7 Å². The molecule has 1 heterocycles. The van der Waals surface area contributed by atoms with Gasteiger partial charge in [0.1, 0.15) is 0 Å². The van der Waals surface area contributed by atoms with Gasteiger partial charge in [-0.15, -0.1) is 0 Å². The molecule has 6 heteroatoms. The van der Waals surface area contributed by atoms with Gasteiger partial charge < -0.3 is 5.32 Å². The zero-order chi connectivity index (χ0) is 12.5. The van der Waals surface area contributed by atoms with Crippen molar-refractivity contribution >= 4 is 10.2 Å². The summed E-state index contributed by atoms with van der Waals surface area (Å²) in [6.45, 7) is 2.40. The minimum Gasteiger partial charge on any atom is -0.314 e. The summed E-state index contributed by atoms with van der Waals surface area (Å²) in [5.74, 6) is 0.888. The Bertz CT molecular complexity index is 344. The first kappa shape index (κ1) is 13.3. The summed E-state index contributed by atoms with van der Waals surface area (Å²) in [7, 11) is -0.0233. The van der Waals surface area contributed by atoms with Crippen molar-refractivity contribution < 1.29 is 8.42 Å². The zero-order valence-corrected chi connectivity index (χ0v) is 11.5. The molecule has 2 fully saturated rings. The van der Waals surface area contributed by atoms with Crippen molar-refractivity contribution in [2.24, 2.45) is 5.92 Å². The van der Waals surface area contributed by atoms with Crippen molar-refractivity contribution in [3.63, 3.8) is 0 Å². The second-order valence-corrected chi connectivity index (χ2v) is 7.46. The Hall–Kier alpha value is -0.170. The molecule has 1 aliphatic heterocycles. The second kappa shape index (κ2) is 5.22. The summed E-state index contributed by atoms with van der Waals surface area (Å²) in [5.41, 5.74) is 0. The van der Waals surface area contributed by atoms with Gasteiger partial charge in [0.05, 0.1) is 0 Å². The first-order chi connectivity index (χ1) is 8.00. The first-order valence-corrected chi connectivity index (χ1v) is 7.81.